The minimum absolute atomic E-state index is 0.0570. The van der Waals surface area contributed by atoms with Crippen molar-refractivity contribution in [2.75, 3.05) is 5.32 Å². The van der Waals surface area contributed by atoms with Crippen LogP contribution >= 0.6 is 11.3 Å². The minimum Gasteiger partial charge on any atom is -0.320 e. The third kappa shape index (κ3) is 3.41. The number of hydrogen-bond donors (Lipinski definition) is 1. The molecule has 0 aliphatic carbocycles. The first-order valence-corrected chi connectivity index (χ1v) is 6.62. The summed E-state index contributed by atoms with van der Waals surface area (Å²) in [7, 11) is 0. The number of hydrogen-bond acceptors (Lipinski definition) is 3. The number of nitrogens with zero attached hydrogens (tertiary/aromatic N) is 1. The van der Waals surface area contributed by atoms with Crippen molar-refractivity contribution in [3.63, 3.8) is 0 Å². The van der Waals surface area contributed by atoms with Crippen molar-refractivity contribution >= 4 is 22.9 Å². The van der Waals surface area contributed by atoms with Crippen LogP contribution in [0, 0.1) is 18.3 Å². The van der Waals surface area contributed by atoms with Gasteiger partial charge in [-0.25, -0.2) is 0 Å². The number of rotatable bonds is 2. The highest BCUT2D eigenvalue weighted by atomic mass is 32.1. The normalized spacial score (nSPS) is 11.0. The molecule has 2 aromatic rings. The fraction of sp³-hybridized carbons (Fsp3) is 0.143. The Bertz CT molecular complexity index is 729. The second kappa shape index (κ2) is 5.58. The molecular weight excluding hydrogens is 301 g/mol. The molecule has 21 heavy (non-hydrogen) atoms. The second-order valence-electron chi connectivity index (χ2n) is 4.23. The summed E-state index contributed by atoms with van der Waals surface area (Å²) in [5.74, 6) is -0.454. The molecule has 1 heterocycles. The van der Waals surface area contributed by atoms with Crippen LogP contribution in [0.15, 0.2) is 30.3 Å². The van der Waals surface area contributed by atoms with Crippen LogP contribution in [0.3, 0.4) is 0 Å². The summed E-state index contributed by atoms with van der Waals surface area (Å²) in [4.78, 5) is 13.3. The van der Waals surface area contributed by atoms with E-state index in [4.69, 9.17) is 5.26 Å². The summed E-state index contributed by atoms with van der Waals surface area (Å²) in [6, 6.07) is 7.67. The van der Waals surface area contributed by atoms with Crippen LogP contribution < -0.4 is 5.32 Å². The van der Waals surface area contributed by atoms with E-state index in [2.05, 4.69) is 5.32 Å². The third-order valence-corrected chi connectivity index (χ3v) is 3.68. The van der Waals surface area contributed by atoms with Crippen LogP contribution in [-0.4, -0.2) is 5.91 Å². The number of carbonyl (C=O) groups excluding carboxylic acids is 1. The van der Waals surface area contributed by atoms with Crippen molar-refractivity contribution in [3.8, 4) is 6.07 Å². The third-order valence-electron chi connectivity index (χ3n) is 2.68. The van der Waals surface area contributed by atoms with Gasteiger partial charge in [-0.15, -0.1) is 11.3 Å². The molecule has 0 saturated carbocycles. The Balaban J connectivity index is 2.29. The van der Waals surface area contributed by atoms with Crippen LogP contribution in [0.5, 0.6) is 0 Å². The molecule has 1 amide bonds. The molecule has 2 rings (SSSR count). The Hall–Kier alpha value is -2.33. The molecule has 1 N–H and O–H groups in total. The van der Waals surface area contributed by atoms with Crippen LogP contribution in [-0.2, 0) is 6.18 Å². The molecule has 0 aliphatic rings. The number of benzene rings is 1. The molecule has 0 bridgehead atoms. The van der Waals surface area contributed by atoms with E-state index in [9.17, 15) is 18.0 Å². The van der Waals surface area contributed by atoms with Crippen LogP contribution in [0.2, 0.25) is 0 Å². The molecule has 0 spiro atoms. The summed E-state index contributed by atoms with van der Waals surface area (Å²) in [5, 5.41) is 11.4. The lowest BCUT2D eigenvalue weighted by Crippen LogP contribution is -2.12. The standard InChI is InChI=1S/C14H9F3N2OS/c1-8-2-5-12(21-8)13(20)19-11-4-3-10(14(15,16)17)6-9(11)7-18/h2-6H,1H3,(H,19,20). The van der Waals surface area contributed by atoms with Gasteiger partial charge in [0.1, 0.15) is 6.07 Å². The maximum Gasteiger partial charge on any atom is 0.416 e. The molecule has 0 fully saturated rings. The Morgan fingerprint density at radius 3 is 2.52 bits per heavy atom. The Labute approximate surface area is 122 Å². The highest BCUT2D eigenvalue weighted by molar-refractivity contribution is 7.14. The number of thiophene rings is 1. The van der Waals surface area contributed by atoms with Gasteiger partial charge in [0.05, 0.1) is 21.7 Å². The van der Waals surface area contributed by atoms with E-state index in [0.29, 0.717) is 4.88 Å². The number of alkyl halides is 3. The summed E-state index contributed by atoms with van der Waals surface area (Å²) in [5.41, 5.74) is -1.10. The second-order valence-corrected chi connectivity index (χ2v) is 5.52. The number of amides is 1. The van der Waals surface area contributed by atoms with Crippen LogP contribution in [0.4, 0.5) is 18.9 Å². The first-order chi connectivity index (χ1) is 9.81. The van der Waals surface area contributed by atoms with Crippen molar-refractivity contribution in [2.45, 2.75) is 13.1 Å². The van der Waals surface area contributed by atoms with Gasteiger partial charge in [0.25, 0.3) is 5.91 Å². The monoisotopic (exact) mass is 310 g/mol. The Kier molecular flexibility index (Phi) is 4.00. The Morgan fingerprint density at radius 2 is 2.00 bits per heavy atom. The van der Waals surface area contributed by atoms with E-state index in [1.54, 1.807) is 18.2 Å². The average molecular weight is 310 g/mol. The molecule has 108 valence electrons. The largest absolute Gasteiger partial charge is 0.416 e. The predicted octanol–water partition coefficient (Wildman–Crippen LogP) is 4.20. The van der Waals surface area contributed by atoms with Gasteiger partial charge in [-0.05, 0) is 37.3 Å². The van der Waals surface area contributed by atoms with Gasteiger partial charge >= 0.3 is 6.18 Å². The van der Waals surface area contributed by atoms with Crippen molar-refractivity contribution in [3.05, 3.63) is 51.2 Å². The number of halogens is 3. The van der Waals surface area contributed by atoms with E-state index < -0.39 is 17.6 Å². The van der Waals surface area contributed by atoms with Crippen molar-refractivity contribution in [1.82, 2.24) is 0 Å². The molecule has 1 aromatic carbocycles. The molecular formula is C14H9F3N2OS. The SMILES string of the molecule is Cc1ccc(C(=O)Nc2ccc(C(F)(F)F)cc2C#N)s1. The first-order valence-electron chi connectivity index (χ1n) is 5.80. The molecule has 0 saturated heterocycles. The molecule has 0 radical (unpaired) electrons. The number of aryl methyl sites for hydroxylation is 1. The molecule has 0 unspecified atom stereocenters. The first kappa shape index (κ1) is 15.1. The average Bonchev–Trinajstić information content (AvgIpc) is 2.84. The smallest absolute Gasteiger partial charge is 0.320 e. The lowest BCUT2D eigenvalue weighted by atomic mass is 10.1. The maximum atomic E-state index is 12.6. The highest BCUT2D eigenvalue weighted by Gasteiger charge is 2.31. The zero-order valence-electron chi connectivity index (χ0n) is 10.8. The van der Waals surface area contributed by atoms with Crippen molar-refractivity contribution < 1.29 is 18.0 Å². The Morgan fingerprint density at radius 1 is 1.29 bits per heavy atom. The van der Waals surface area contributed by atoms with Crippen molar-refractivity contribution in [1.29, 1.82) is 5.26 Å². The maximum absolute atomic E-state index is 12.6. The van der Waals surface area contributed by atoms with E-state index in [1.165, 1.54) is 11.3 Å². The van der Waals surface area contributed by atoms with Gasteiger partial charge in [-0.3, -0.25) is 4.79 Å². The van der Waals surface area contributed by atoms with Gasteiger partial charge in [-0.2, -0.15) is 18.4 Å². The van der Waals surface area contributed by atoms with Gasteiger partial charge in [0.2, 0.25) is 0 Å². The van der Waals surface area contributed by atoms with Crippen molar-refractivity contribution in [2.24, 2.45) is 0 Å². The summed E-state index contributed by atoms with van der Waals surface area (Å²) >= 11 is 1.26. The quantitative estimate of drug-likeness (QED) is 0.904. The van der Waals surface area contributed by atoms with E-state index in [-0.39, 0.29) is 11.3 Å². The zero-order chi connectivity index (χ0) is 15.6. The summed E-state index contributed by atoms with van der Waals surface area (Å²) in [6.45, 7) is 1.83. The molecule has 1 aromatic heterocycles. The number of carbonyl (C=O) groups is 1. The minimum atomic E-state index is -4.53. The van der Waals surface area contributed by atoms with E-state index in [1.807, 2.05) is 6.92 Å². The number of anilines is 1. The summed E-state index contributed by atoms with van der Waals surface area (Å²) in [6.07, 6.45) is -4.53. The predicted molar refractivity (Wildman–Crippen MR) is 73.2 cm³/mol. The molecule has 0 atom stereocenters. The van der Waals surface area contributed by atoms with Gasteiger partial charge < -0.3 is 5.32 Å². The van der Waals surface area contributed by atoms with Gasteiger partial charge in [0, 0.05) is 4.88 Å². The topological polar surface area (TPSA) is 52.9 Å². The molecule has 3 nitrogen and oxygen atoms in total. The summed E-state index contributed by atoms with van der Waals surface area (Å²) < 4.78 is 37.7. The zero-order valence-corrected chi connectivity index (χ0v) is 11.6. The highest BCUT2D eigenvalue weighted by Crippen LogP contribution is 2.31. The lowest BCUT2D eigenvalue weighted by molar-refractivity contribution is -0.137. The lowest BCUT2D eigenvalue weighted by Gasteiger charge is -2.10. The molecule has 0 aliphatic heterocycles. The molecule has 7 heteroatoms. The van der Waals surface area contributed by atoms with Crippen LogP contribution in [0.1, 0.15) is 25.7 Å². The van der Waals surface area contributed by atoms with Gasteiger partial charge in [-0.1, -0.05) is 0 Å². The van der Waals surface area contributed by atoms with E-state index in [0.717, 1.165) is 23.1 Å². The number of nitriles is 1. The van der Waals surface area contributed by atoms with E-state index >= 15 is 0 Å². The van der Waals surface area contributed by atoms with Crippen LogP contribution in [0.25, 0.3) is 0 Å². The van der Waals surface area contributed by atoms with Gasteiger partial charge in [0.15, 0.2) is 0 Å². The number of nitrogens with one attached hydrogen (secondary N) is 1. The fourth-order valence-electron chi connectivity index (χ4n) is 1.66. The fourth-order valence-corrected chi connectivity index (χ4v) is 2.43.